The normalized spacial score (nSPS) is 22.5. The molecular weight excluding hydrogens is 450 g/mol. The van der Waals surface area contributed by atoms with Gasteiger partial charge in [-0.3, -0.25) is 9.59 Å². The summed E-state index contributed by atoms with van der Waals surface area (Å²) in [6.07, 6.45) is 9.29. The highest BCUT2D eigenvalue weighted by Gasteiger charge is 2.39. The summed E-state index contributed by atoms with van der Waals surface area (Å²) in [5.41, 5.74) is 0. The molecule has 0 heterocycles. The van der Waals surface area contributed by atoms with Gasteiger partial charge in [-0.2, -0.15) is 0 Å². The number of unbranched alkanes of at least 4 members (excludes halogenated alkanes) is 5. The molecule has 0 spiro atoms. The molecule has 0 amide bonds. The van der Waals surface area contributed by atoms with Crippen molar-refractivity contribution in [1.82, 2.24) is 0 Å². The molecule has 0 bridgehead atoms. The van der Waals surface area contributed by atoms with E-state index in [-0.39, 0.29) is 36.9 Å². The van der Waals surface area contributed by atoms with Gasteiger partial charge in [0.2, 0.25) is 0 Å². The van der Waals surface area contributed by atoms with E-state index in [2.05, 4.69) is 6.92 Å². The van der Waals surface area contributed by atoms with Crippen LogP contribution in [0.4, 0.5) is 0 Å². The Kier molecular flexibility index (Phi) is 14.4. The molecule has 1 saturated carbocycles. The fraction of sp³-hybridized carbons (Fsp3) is 0.815. The number of carboxylic acids is 1. The highest BCUT2D eigenvalue weighted by Crippen LogP contribution is 2.34. The van der Waals surface area contributed by atoms with E-state index in [0.29, 0.717) is 30.3 Å². The number of aliphatic carboxylic acids is 1. The number of rotatable bonds is 18. The zero-order valence-corrected chi connectivity index (χ0v) is 22.1. The number of esters is 1. The van der Waals surface area contributed by atoms with Gasteiger partial charge in [-0.1, -0.05) is 57.6 Å². The van der Waals surface area contributed by atoms with Gasteiger partial charge in [-0.05, 0) is 19.3 Å². The summed E-state index contributed by atoms with van der Waals surface area (Å²) < 4.78 is 5.85. The van der Waals surface area contributed by atoms with Crippen LogP contribution < -0.4 is 5.11 Å². The first kappa shape index (κ1) is 31.3. The largest absolute Gasteiger partial charge is 0.550 e. The number of nitrogens with zero attached hydrogens (tertiary/aromatic N) is 1. The summed E-state index contributed by atoms with van der Waals surface area (Å²) in [7, 11) is 5.71. The smallest absolute Gasteiger partial charge is 0.306 e. The summed E-state index contributed by atoms with van der Waals surface area (Å²) in [6, 6.07) is 0. The third-order valence-corrected chi connectivity index (χ3v) is 6.48. The zero-order chi connectivity index (χ0) is 26.4. The van der Waals surface area contributed by atoms with Crippen molar-refractivity contribution in [3.8, 4) is 0 Å². The van der Waals surface area contributed by atoms with Gasteiger partial charge in [-0.15, -0.1) is 0 Å². The molecule has 5 unspecified atom stereocenters. The van der Waals surface area contributed by atoms with Crippen LogP contribution in [0.25, 0.3) is 0 Å². The van der Waals surface area contributed by atoms with Crippen molar-refractivity contribution < 1.29 is 38.9 Å². The second kappa shape index (κ2) is 16.1. The van der Waals surface area contributed by atoms with Gasteiger partial charge in [0.15, 0.2) is 6.10 Å². The molecule has 0 aromatic heterocycles. The number of aliphatic hydroxyl groups is 2. The van der Waals surface area contributed by atoms with Crippen LogP contribution in [-0.4, -0.2) is 78.4 Å². The fourth-order valence-corrected chi connectivity index (χ4v) is 4.72. The number of quaternary nitrogens is 1. The molecule has 0 aromatic carbocycles. The Morgan fingerprint density at radius 1 is 1.14 bits per heavy atom. The van der Waals surface area contributed by atoms with Gasteiger partial charge in [0.05, 0.1) is 33.4 Å². The first-order chi connectivity index (χ1) is 16.4. The molecule has 1 aliphatic rings. The molecule has 1 fully saturated rings. The standard InChI is InChI=1S/C27H47NO7/c1-5-6-9-12-20(29)15-16-23-22(24(30)18-25(23)31)13-10-7-8-11-14-27(34)35-21(17-26(32)33)19-28(2,3)4/h15-16,20-23,25,29,31H,5-14,17-19H2,1-4H3/b16-15+. The second-order valence-corrected chi connectivity index (χ2v) is 11.0. The average molecular weight is 498 g/mol. The van der Waals surface area contributed by atoms with Gasteiger partial charge in [0.1, 0.15) is 12.3 Å². The Labute approximate surface area is 210 Å². The van der Waals surface area contributed by atoms with Crippen LogP contribution in [0.3, 0.4) is 0 Å². The monoisotopic (exact) mass is 497 g/mol. The summed E-state index contributed by atoms with van der Waals surface area (Å²) in [6.45, 7) is 2.51. The SMILES string of the molecule is CCCCCC(O)/C=C/C1C(O)CC(=O)C1CCCCCCC(=O)OC(CC(=O)[O-])C[N+](C)(C)C. The molecule has 35 heavy (non-hydrogen) atoms. The summed E-state index contributed by atoms with van der Waals surface area (Å²) in [5, 5.41) is 31.4. The molecule has 8 nitrogen and oxygen atoms in total. The van der Waals surface area contributed by atoms with Crippen molar-refractivity contribution in [3.63, 3.8) is 0 Å². The van der Waals surface area contributed by atoms with Crippen LogP contribution in [0, 0.1) is 11.8 Å². The maximum absolute atomic E-state index is 12.4. The maximum Gasteiger partial charge on any atom is 0.306 e. The van der Waals surface area contributed by atoms with E-state index in [1.165, 1.54) is 0 Å². The molecular formula is C27H47NO7. The zero-order valence-electron chi connectivity index (χ0n) is 22.1. The molecule has 1 rings (SSSR count). The van der Waals surface area contributed by atoms with Crippen molar-refractivity contribution in [2.75, 3.05) is 27.7 Å². The number of carbonyl (C=O) groups excluding carboxylic acids is 3. The van der Waals surface area contributed by atoms with Crippen molar-refractivity contribution >= 4 is 17.7 Å². The van der Waals surface area contributed by atoms with Gasteiger partial charge in [0.25, 0.3) is 0 Å². The average Bonchev–Trinajstić information content (AvgIpc) is 2.99. The van der Waals surface area contributed by atoms with Crippen molar-refractivity contribution in [3.05, 3.63) is 12.2 Å². The van der Waals surface area contributed by atoms with Crippen LogP contribution in [0.2, 0.25) is 0 Å². The Morgan fingerprint density at radius 3 is 2.46 bits per heavy atom. The Morgan fingerprint density at radius 2 is 1.83 bits per heavy atom. The number of likely N-dealkylation sites (N-methyl/N-ethyl adjacent to an activating group) is 1. The van der Waals surface area contributed by atoms with Gasteiger partial charge >= 0.3 is 5.97 Å². The third-order valence-electron chi connectivity index (χ3n) is 6.48. The molecule has 0 aliphatic heterocycles. The molecule has 0 radical (unpaired) electrons. The van der Waals surface area contributed by atoms with Crippen LogP contribution in [0.1, 0.15) is 84.0 Å². The van der Waals surface area contributed by atoms with E-state index >= 15 is 0 Å². The quantitative estimate of drug-likeness (QED) is 0.129. The maximum atomic E-state index is 12.4. The Hall–Kier alpha value is -1.77. The highest BCUT2D eigenvalue weighted by molar-refractivity contribution is 5.84. The molecule has 0 saturated heterocycles. The molecule has 0 aromatic rings. The van der Waals surface area contributed by atoms with E-state index in [9.17, 15) is 29.7 Å². The molecule has 202 valence electrons. The second-order valence-electron chi connectivity index (χ2n) is 11.0. The Balaban J connectivity index is 2.37. The number of hydrogen-bond acceptors (Lipinski definition) is 7. The van der Waals surface area contributed by atoms with Crippen molar-refractivity contribution in [1.29, 1.82) is 0 Å². The Bertz CT molecular complexity index is 686. The van der Waals surface area contributed by atoms with E-state index < -0.39 is 30.3 Å². The minimum Gasteiger partial charge on any atom is -0.550 e. The number of hydrogen-bond donors (Lipinski definition) is 2. The lowest BCUT2D eigenvalue weighted by molar-refractivity contribution is -0.873. The molecule has 5 atom stereocenters. The van der Waals surface area contributed by atoms with Gasteiger partial charge in [0, 0.05) is 37.1 Å². The van der Waals surface area contributed by atoms with E-state index in [1.54, 1.807) is 6.08 Å². The van der Waals surface area contributed by atoms with Gasteiger partial charge < -0.3 is 29.3 Å². The van der Waals surface area contributed by atoms with E-state index in [1.807, 2.05) is 27.2 Å². The topological polar surface area (TPSA) is 124 Å². The number of ketones is 1. The first-order valence-corrected chi connectivity index (χ1v) is 13.2. The van der Waals surface area contributed by atoms with Crippen molar-refractivity contribution in [2.24, 2.45) is 11.8 Å². The van der Waals surface area contributed by atoms with E-state index in [0.717, 1.165) is 38.5 Å². The lowest BCUT2D eigenvalue weighted by atomic mass is 9.88. The van der Waals surface area contributed by atoms with Crippen LogP contribution in [0.5, 0.6) is 0 Å². The predicted molar refractivity (Wildman–Crippen MR) is 132 cm³/mol. The predicted octanol–water partition coefficient (Wildman–Crippen LogP) is 2.15. The van der Waals surface area contributed by atoms with Crippen LogP contribution in [-0.2, 0) is 19.1 Å². The molecule has 1 aliphatic carbocycles. The first-order valence-electron chi connectivity index (χ1n) is 13.2. The van der Waals surface area contributed by atoms with E-state index in [4.69, 9.17) is 4.74 Å². The third kappa shape index (κ3) is 13.8. The summed E-state index contributed by atoms with van der Waals surface area (Å²) in [5.74, 6) is -2.04. The number of ether oxygens (including phenoxy) is 1. The molecule has 2 N–H and O–H groups in total. The van der Waals surface area contributed by atoms with Crippen molar-refractivity contribution in [2.45, 2.75) is 102 Å². The van der Waals surface area contributed by atoms with Gasteiger partial charge in [-0.25, -0.2) is 0 Å². The van der Waals surface area contributed by atoms with Crippen LogP contribution in [0.15, 0.2) is 12.2 Å². The summed E-state index contributed by atoms with van der Waals surface area (Å²) >= 11 is 0. The number of aliphatic hydroxyl groups excluding tert-OH is 2. The number of carbonyl (C=O) groups is 3. The molecule has 8 heteroatoms. The lowest BCUT2D eigenvalue weighted by Crippen LogP contribution is -2.45. The highest BCUT2D eigenvalue weighted by atomic mass is 16.5. The number of Topliss-reactive ketones (excluding diaryl/α,β-unsaturated/α-hetero) is 1. The number of carboxylic acid groups (broad SMARTS) is 1. The minimum absolute atomic E-state index is 0.0763. The minimum atomic E-state index is -1.23. The van der Waals surface area contributed by atoms with Crippen LogP contribution >= 0.6 is 0 Å². The fourth-order valence-electron chi connectivity index (χ4n) is 4.72. The summed E-state index contributed by atoms with van der Waals surface area (Å²) in [4.78, 5) is 35.5. The lowest BCUT2D eigenvalue weighted by Gasteiger charge is -2.29.